The van der Waals surface area contributed by atoms with Crippen LogP contribution in [0, 0.1) is 18.2 Å². The van der Waals surface area contributed by atoms with Crippen molar-refractivity contribution in [2.45, 2.75) is 32.0 Å². The summed E-state index contributed by atoms with van der Waals surface area (Å²) in [5, 5.41) is 11.4. The monoisotopic (exact) mass is 927 g/mol. The van der Waals surface area contributed by atoms with Gasteiger partial charge in [0.25, 0.3) is 0 Å². The number of carboxylic acid groups (broad SMARTS) is 1. The van der Waals surface area contributed by atoms with Gasteiger partial charge in [0.2, 0.25) is 17.9 Å². The molecule has 0 spiro atoms. The number of carbonyl (C=O) groups excluding carboxylic acids is 1. The summed E-state index contributed by atoms with van der Waals surface area (Å²) in [6.45, 7) is 4.81. The first-order chi connectivity index (χ1) is 32.1. The molecule has 0 unspecified atom stereocenters. The fraction of sp³-hybridized carbons (Fsp3) is 0.280. The number of thiophene rings is 1. The van der Waals surface area contributed by atoms with Gasteiger partial charge in [0, 0.05) is 63.3 Å². The molecule has 1 fully saturated rings. The first kappa shape index (κ1) is 45.9. The van der Waals surface area contributed by atoms with Crippen LogP contribution in [-0.4, -0.2) is 118 Å². The number of hydrogen-bond donors (Lipinski definition) is 1. The highest BCUT2D eigenvalue weighted by atomic mass is 35.5. The number of aromatic nitrogens is 4. The van der Waals surface area contributed by atoms with Gasteiger partial charge in [-0.15, -0.1) is 17.8 Å². The van der Waals surface area contributed by atoms with Gasteiger partial charge in [0.15, 0.2) is 5.82 Å². The van der Waals surface area contributed by atoms with Crippen LogP contribution in [0.15, 0.2) is 108 Å². The molecule has 1 atom stereocenters. The number of carboxylic acids is 1. The Hall–Kier alpha value is -6.70. The molecule has 1 N–H and O–H groups in total. The average Bonchev–Trinajstić information content (AvgIpc) is 3.71. The second kappa shape index (κ2) is 21.1. The number of methoxy groups -OCH3 is 1. The molecule has 0 aliphatic carbocycles. The maximum atomic E-state index is 14.5. The Morgan fingerprint density at radius 2 is 1.83 bits per heavy atom. The Morgan fingerprint density at radius 1 is 1.03 bits per heavy atom. The molecular weight excluding hydrogens is 881 g/mol. The van der Waals surface area contributed by atoms with Crippen LogP contribution in [0.2, 0.25) is 0 Å². The second-order valence-electron chi connectivity index (χ2n) is 16.0. The summed E-state index contributed by atoms with van der Waals surface area (Å²) in [5.41, 5.74) is 4.42. The molecule has 0 saturated carbocycles. The van der Waals surface area contributed by atoms with Gasteiger partial charge in [-0.2, -0.15) is 0 Å². The number of para-hydroxylation sites is 1. The smallest absolute Gasteiger partial charge is 0.345 e. The minimum atomic E-state index is -1.45. The normalized spacial score (nSPS) is 17.7. The number of hydrogen-bond acceptors (Lipinski definition) is 12. The van der Waals surface area contributed by atoms with E-state index >= 15 is 0 Å². The van der Waals surface area contributed by atoms with E-state index in [4.69, 9.17) is 37.2 Å². The second-order valence-corrected chi connectivity index (χ2v) is 17.3. The molecule has 2 aliphatic rings. The zero-order chi connectivity index (χ0) is 46.2. The third kappa shape index (κ3) is 10.9. The van der Waals surface area contributed by atoms with Gasteiger partial charge in [0.1, 0.15) is 35.1 Å². The highest BCUT2D eigenvalue weighted by Crippen LogP contribution is 2.42. The van der Waals surface area contributed by atoms with Crippen molar-refractivity contribution in [3.8, 4) is 51.6 Å². The maximum Gasteiger partial charge on any atom is 0.345 e. The largest absolute Gasteiger partial charge is 0.496 e. The van der Waals surface area contributed by atoms with Gasteiger partial charge in [-0.05, 0) is 77.7 Å². The number of benzene rings is 3. The summed E-state index contributed by atoms with van der Waals surface area (Å²) >= 11 is 8.11. The zero-order valence-electron chi connectivity index (χ0n) is 36.5. The summed E-state index contributed by atoms with van der Waals surface area (Å²) < 4.78 is 32.5. The van der Waals surface area contributed by atoms with Gasteiger partial charge in [-0.3, -0.25) is 9.69 Å². The first-order valence-electron chi connectivity index (χ1n) is 21.4. The van der Waals surface area contributed by atoms with Crippen molar-refractivity contribution >= 4 is 45.0 Å². The number of rotatable bonds is 10. The Balaban J connectivity index is 1.20. The van der Waals surface area contributed by atoms with E-state index in [0.717, 1.165) is 42.2 Å². The highest BCUT2D eigenvalue weighted by Gasteiger charge is 2.28. The fourth-order valence-electron chi connectivity index (χ4n) is 7.95. The molecular formula is C50H47ClFN7O6S. The number of ether oxygens (including phenoxy) is 3. The van der Waals surface area contributed by atoms with Crippen LogP contribution in [-0.2, 0) is 35.5 Å². The van der Waals surface area contributed by atoms with Crippen molar-refractivity contribution in [2.75, 3.05) is 60.0 Å². The molecule has 16 heteroatoms. The Labute approximate surface area is 391 Å². The van der Waals surface area contributed by atoms with E-state index in [9.17, 15) is 19.1 Å². The molecule has 8 rings (SSSR count). The lowest BCUT2D eigenvalue weighted by molar-refractivity contribution is -0.145. The highest BCUT2D eigenvalue weighted by molar-refractivity contribution is 7.22. The van der Waals surface area contributed by atoms with Crippen LogP contribution in [0.3, 0.4) is 0 Å². The van der Waals surface area contributed by atoms with Crippen molar-refractivity contribution in [1.82, 2.24) is 34.6 Å². The summed E-state index contributed by atoms with van der Waals surface area (Å²) in [6, 6.07) is 20.6. The number of allylic oxidation sites excluding steroid dienone is 2. The summed E-state index contributed by atoms with van der Waals surface area (Å²) in [6.07, 6.45) is 11.2. The van der Waals surface area contributed by atoms with Crippen LogP contribution in [0.5, 0.6) is 17.4 Å². The van der Waals surface area contributed by atoms with Gasteiger partial charge in [-0.25, -0.2) is 29.1 Å². The number of likely N-dealkylation sites (N-methyl/N-ethyl adjacent to an activating group) is 1. The van der Waals surface area contributed by atoms with E-state index in [-0.39, 0.29) is 55.1 Å². The number of carbonyl (C=O) groups is 2. The minimum Gasteiger partial charge on any atom is -0.496 e. The number of aliphatic carboxylic acids is 1. The lowest BCUT2D eigenvalue weighted by atomic mass is 10.0. The fourth-order valence-corrected chi connectivity index (χ4v) is 9.24. The molecule has 338 valence electrons. The molecule has 0 radical (unpaired) electrons. The van der Waals surface area contributed by atoms with Gasteiger partial charge in [-0.1, -0.05) is 66.1 Å². The molecule has 3 aromatic carbocycles. The van der Waals surface area contributed by atoms with Gasteiger partial charge >= 0.3 is 5.97 Å². The van der Waals surface area contributed by atoms with Gasteiger partial charge in [0.05, 0.1) is 35.2 Å². The summed E-state index contributed by atoms with van der Waals surface area (Å²) in [4.78, 5) is 53.7. The van der Waals surface area contributed by atoms with Crippen molar-refractivity contribution in [1.29, 1.82) is 0 Å². The molecule has 13 nitrogen and oxygen atoms in total. The number of halogens is 2. The lowest BCUT2D eigenvalue weighted by Gasteiger charge is -2.34. The number of terminal acetylenes is 1. The minimum absolute atomic E-state index is 0.00197. The Kier molecular flexibility index (Phi) is 14.6. The third-order valence-electron chi connectivity index (χ3n) is 11.6. The third-order valence-corrected chi connectivity index (χ3v) is 13.1. The van der Waals surface area contributed by atoms with Crippen molar-refractivity contribution in [2.24, 2.45) is 0 Å². The summed E-state index contributed by atoms with van der Waals surface area (Å²) in [5.74, 6) is 2.27. The van der Waals surface area contributed by atoms with E-state index in [1.54, 1.807) is 54.6 Å². The van der Waals surface area contributed by atoms with Crippen molar-refractivity contribution < 1.29 is 33.3 Å². The zero-order valence-corrected chi connectivity index (χ0v) is 38.0. The maximum absolute atomic E-state index is 14.5. The van der Waals surface area contributed by atoms with E-state index in [1.165, 1.54) is 29.8 Å². The molecule has 2 aliphatic heterocycles. The molecule has 2 bridgehead atoms. The predicted octanol–water partition coefficient (Wildman–Crippen LogP) is 7.47. The predicted molar refractivity (Wildman–Crippen MR) is 252 cm³/mol. The molecule has 6 aromatic rings. The molecule has 1 saturated heterocycles. The Morgan fingerprint density at radius 3 is 2.61 bits per heavy atom. The van der Waals surface area contributed by atoms with E-state index in [1.807, 2.05) is 36.4 Å². The number of fused-ring (bicyclic) bond motifs is 2. The molecule has 3 aromatic heterocycles. The van der Waals surface area contributed by atoms with Crippen LogP contribution in [0.25, 0.3) is 32.0 Å². The van der Waals surface area contributed by atoms with E-state index < -0.39 is 12.1 Å². The number of amides is 1. The van der Waals surface area contributed by atoms with Crippen molar-refractivity contribution in [3.63, 3.8) is 0 Å². The lowest BCUT2D eigenvalue weighted by Crippen LogP contribution is -2.48. The Bertz CT molecular complexity index is 2840. The molecule has 66 heavy (non-hydrogen) atoms. The topological polar surface area (TPSA) is 143 Å². The van der Waals surface area contributed by atoms with Crippen LogP contribution in [0.4, 0.5) is 4.39 Å². The number of nitrogens with zero attached hydrogens (tertiary/aromatic N) is 7. The van der Waals surface area contributed by atoms with E-state index in [2.05, 4.69) is 37.7 Å². The van der Waals surface area contributed by atoms with Crippen molar-refractivity contribution in [3.05, 3.63) is 136 Å². The standard InChI is InChI=1S/C50H47ClFN7O6S/c1-4-40(51)34-8-7-10-39-45-48(54-31-55-49(45)66-46(39)33-13-15-36(52)16-14-33)65-43(50(61)62)28-35-26-32(27-44(60)59(29-34)25-24-58-22-20-57(2)21-23-58)12-17-41(35)64-30-37-18-19-53-47(56-37)38-9-5-6-11-42(38)63-3/h1,5-9,11-19,26,31,43H,10,20-25,27-30H2,2-3H3,(H,61,62)/b8-7-,40-34-/t43-/m1/s1. The quantitative estimate of drug-likeness (QED) is 0.136. The molecule has 5 heterocycles. The summed E-state index contributed by atoms with van der Waals surface area (Å²) in [7, 11) is 3.68. The van der Waals surface area contributed by atoms with E-state index in [0.29, 0.717) is 68.6 Å². The van der Waals surface area contributed by atoms with Crippen LogP contribution < -0.4 is 14.2 Å². The van der Waals surface area contributed by atoms with Crippen LogP contribution in [0.1, 0.15) is 22.4 Å². The molecule has 1 amide bonds. The number of piperazine rings is 1. The van der Waals surface area contributed by atoms with Crippen LogP contribution >= 0.6 is 22.9 Å². The SMILES string of the molecule is C#C/C(Cl)=C1\C=C/Cc2c(-c3ccc(F)cc3)sc3ncnc(c23)O[C@@H](C(=O)O)Cc2cc(ccc2OCc2ccnc(-c3ccccc3OC)n2)CC(=O)N(CCN2CCN(C)CC2)C1. The van der Waals surface area contributed by atoms with Gasteiger partial charge < -0.3 is 29.1 Å². The average molecular weight is 928 g/mol. The first-order valence-corrected chi connectivity index (χ1v) is 22.6.